The highest BCUT2D eigenvalue weighted by Gasteiger charge is 2.36. The largest absolute Gasteiger partial charge is 0.493 e. The number of halogens is 2. The molecule has 1 amide bonds. The number of rotatable bonds is 6. The number of nitrogens with one attached hydrogen (secondary N) is 1. The highest BCUT2D eigenvalue weighted by molar-refractivity contribution is 6.18. The van der Waals surface area contributed by atoms with Gasteiger partial charge in [0.2, 0.25) is 5.96 Å². The van der Waals surface area contributed by atoms with Crippen molar-refractivity contribution >= 4 is 29.0 Å². The highest BCUT2D eigenvalue weighted by atomic mass is 19.1. The van der Waals surface area contributed by atoms with Gasteiger partial charge in [-0.25, -0.2) is 13.8 Å². The first-order chi connectivity index (χ1) is 19.0. The van der Waals surface area contributed by atoms with E-state index in [4.69, 9.17) is 9.47 Å². The quantitative estimate of drug-likeness (QED) is 0.376. The van der Waals surface area contributed by atoms with Crippen LogP contribution in [0.2, 0.25) is 0 Å². The fourth-order valence-electron chi connectivity index (χ4n) is 5.15. The Morgan fingerprint density at radius 1 is 1.23 bits per heavy atom. The Morgan fingerprint density at radius 2 is 1.93 bits per heavy atom. The van der Waals surface area contributed by atoms with Gasteiger partial charge in [-0.3, -0.25) is 9.79 Å². The van der Waals surface area contributed by atoms with Crippen LogP contribution in [0.1, 0.15) is 50.7 Å². The van der Waals surface area contributed by atoms with Crippen LogP contribution in [-0.2, 0) is 4.79 Å². The fourth-order valence-corrected chi connectivity index (χ4v) is 5.15. The summed E-state index contributed by atoms with van der Waals surface area (Å²) in [4.78, 5) is 25.3. The Morgan fingerprint density at radius 3 is 2.50 bits per heavy atom. The monoisotopic (exact) mass is 553 g/mol. The van der Waals surface area contributed by atoms with Crippen molar-refractivity contribution in [2.75, 3.05) is 44.5 Å². The fraction of sp³-hybridized carbons (Fsp3) is 0.433. The topological polar surface area (TPSA) is 78.8 Å². The van der Waals surface area contributed by atoms with E-state index >= 15 is 4.39 Å². The lowest BCUT2D eigenvalue weighted by Crippen LogP contribution is -2.48. The molecule has 214 valence electrons. The zero-order chi connectivity index (χ0) is 29.1. The summed E-state index contributed by atoms with van der Waals surface area (Å²) < 4.78 is 41.3. The van der Waals surface area contributed by atoms with E-state index in [9.17, 15) is 9.18 Å². The second kappa shape index (κ2) is 12.2. The summed E-state index contributed by atoms with van der Waals surface area (Å²) >= 11 is 0. The molecule has 40 heavy (non-hydrogen) atoms. The lowest BCUT2D eigenvalue weighted by molar-refractivity contribution is -0.126. The molecule has 2 aliphatic rings. The van der Waals surface area contributed by atoms with Crippen molar-refractivity contribution in [3.05, 3.63) is 59.7 Å². The smallest absolute Gasteiger partial charge is 0.268 e. The SMILES string of the molecule is C=C(F)/C(=N\C(=N/C)Nc1ccc(C2CCN(C)CC2)c(F)c1)c1cc(OC)c2c(c1)N(C(C)C)C(=O)C(C)O2. The van der Waals surface area contributed by atoms with E-state index in [2.05, 4.69) is 33.8 Å². The minimum Gasteiger partial charge on any atom is -0.493 e. The van der Waals surface area contributed by atoms with Crippen LogP contribution in [0.5, 0.6) is 11.5 Å². The van der Waals surface area contributed by atoms with Gasteiger partial charge in [-0.05, 0) is 89.5 Å². The number of hydrogen-bond acceptors (Lipinski definition) is 5. The van der Waals surface area contributed by atoms with Gasteiger partial charge in [-0.1, -0.05) is 12.6 Å². The zero-order valence-corrected chi connectivity index (χ0v) is 23.9. The van der Waals surface area contributed by atoms with Crippen LogP contribution >= 0.6 is 0 Å². The number of fused-ring (bicyclic) bond motifs is 1. The number of methoxy groups -OCH3 is 1. The van der Waals surface area contributed by atoms with Crippen molar-refractivity contribution in [1.29, 1.82) is 0 Å². The molecule has 1 unspecified atom stereocenters. The molecule has 8 nitrogen and oxygen atoms in total. The molecule has 0 bridgehead atoms. The number of piperidine rings is 1. The van der Waals surface area contributed by atoms with Gasteiger partial charge in [-0.15, -0.1) is 0 Å². The number of allylic oxidation sites excluding steroid dienone is 1. The molecule has 0 aromatic heterocycles. The summed E-state index contributed by atoms with van der Waals surface area (Å²) in [7, 11) is 5.03. The molecule has 0 aliphatic carbocycles. The maximum Gasteiger partial charge on any atom is 0.268 e. The van der Waals surface area contributed by atoms with Crippen molar-refractivity contribution in [3.8, 4) is 11.5 Å². The maximum atomic E-state index is 15.1. The van der Waals surface area contributed by atoms with Crippen molar-refractivity contribution < 1.29 is 23.0 Å². The number of carbonyl (C=O) groups is 1. The van der Waals surface area contributed by atoms with E-state index in [1.807, 2.05) is 13.8 Å². The van der Waals surface area contributed by atoms with Crippen molar-refractivity contribution in [2.45, 2.75) is 51.7 Å². The maximum absolute atomic E-state index is 15.1. The number of likely N-dealkylation sites (tertiary alicyclic amines) is 1. The third-order valence-electron chi connectivity index (χ3n) is 7.29. The Kier molecular flexibility index (Phi) is 8.88. The molecule has 2 aliphatic heterocycles. The van der Waals surface area contributed by atoms with Crippen LogP contribution in [0.3, 0.4) is 0 Å². The van der Waals surface area contributed by atoms with E-state index in [1.54, 1.807) is 36.1 Å². The number of hydrogen-bond donors (Lipinski definition) is 1. The summed E-state index contributed by atoms with van der Waals surface area (Å²) in [5.41, 5.74) is 1.76. The van der Waals surface area contributed by atoms with Gasteiger partial charge in [0.15, 0.2) is 17.6 Å². The van der Waals surface area contributed by atoms with Crippen molar-refractivity contribution in [3.63, 3.8) is 0 Å². The highest BCUT2D eigenvalue weighted by Crippen LogP contribution is 2.44. The predicted molar refractivity (Wildman–Crippen MR) is 155 cm³/mol. The van der Waals surface area contributed by atoms with Gasteiger partial charge in [0.1, 0.15) is 17.4 Å². The normalized spacial score (nSPS) is 19.0. The Bertz CT molecular complexity index is 1350. The molecule has 2 heterocycles. The van der Waals surface area contributed by atoms with Crippen molar-refractivity contribution in [1.82, 2.24) is 4.90 Å². The number of nitrogens with zero attached hydrogens (tertiary/aromatic N) is 4. The van der Waals surface area contributed by atoms with Gasteiger partial charge >= 0.3 is 0 Å². The van der Waals surface area contributed by atoms with Gasteiger partial charge in [0.25, 0.3) is 5.91 Å². The summed E-state index contributed by atoms with van der Waals surface area (Å²) in [5, 5.41) is 2.98. The molecule has 4 rings (SSSR count). The standard InChI is InChI=1S/C30H37F2N5O3/c1-17(2)37-25-14-21(15-26(39-7)28(25)40-19(4)29(37)38)27(18(3)31)35-30(33-5)34-22-8-9-23(24(32)16-22)20-10-12-36(6)13-11-20/h8-9,14-17,19-20H,3,10-13H2,1-2,4-7H3,(H,33,34)/b35-27+. The number of aliphatic imine (C=N–C) groups is 2. The molecule has 0 spiro atoms. The second-order valence-electron chi connectivity index (χ2n) is 10.4. The van der Waals surface area contributed by atoms with Crippen LogP contribution in [0.4, 0.5) is 20.2 Å². The number of anilines is 2. The predicted octanol–water partition coefficient (Wildman–Crippen LogP) is 5.54. The molecule has 1 saturated heterocycles. The van der Waals surface area contributed by atoms with Crippen molar-refractivity contribution in [2.24, 2.45) is 9.98 Å². The first-order valence-corrected chi connectivity index (χ1v) is 13.4. The summed E-state index contributed by atoms with van der Waals surface area (Å²) in [6, 6.07) is 7.97. The Balaban J connectivity index is 1.66. The number of amides is 1. The molecule has 10 heteroatoms. The molecule has 0 saturated carbocycles. The Labute approximate surface area is 234 Å². The number of ether oxygens (including phenoxy) is 2. The van der Waals surface area contributed by atoms with Crippen LogP contribution < -0.4 is 19.7 Å². The molecular weight excluding hydrogens is 516 g/mol. The summed E-state index contributed by atoms with van der Waals surface area (Å²) in [6.07, 6.45) is 1.11. The summed E-state index contributed by atoms with van der Waals surface area (Å²) in [5.74, 6) is -0.407. The molecule has 1 atom stereocenters. The van der Waals surface area contributed by atoms with E-state index in [0.717, 1.165) is 25.9 Å². The van der Waals surface area contributed by atoms with E-state index in [0.29, 0.717) is 34.0 Å². The van der Waals surface area contributed by atoms with Crippen LogP contribution in [0, 0.1) is 5.82 Å². The average molecular weight is 554 g/mol. The van der Waals surface area contributed by atoms with E-state index in [1.165, 1.54) is 20.2 Å². The zero-order valence-electron chi connectivity index (χ0n) is 23.9. The van der Waals surface area contributed by atoms with Crippen LogP contribution in [0.25, 0.3) is 0 Å². The molecular formula is C30H37F2N5O3. The first-order valence-electron chi connectivity index (χ1n) is 13.4. The summed E-state index contributed by atoms with van der Waals surface area (Å²) in [6.45, 7) is 10.8. The van der Waals surface area contributed by atoms with E-state index < -0.39 is 11.9 Å². The van der Waals surface area contributed by atoms with Gasteiger partial charge in [0.05, 0.1) is 12.8 Å². The molecule has 2 aromatic carbocycles. The van der Waals surface area contributed by atoms with Crippen LogP contribution in [0.15, 0.2) is 52.7 Å². The number of benzene rings is 2. The van der Waals surface area contributed by atoms with Gasteiger partial charge < -0.3 is 24.6 Å². The minimum atomic E-state index is -0.818. The molecule has 1 fully saturated rings. The third kappa shape index (κ3) is 6.01. The lowest BCUT2D eigenvalue weighted by atomic mass is 9.89. The second-order valence-corrected chi connectivity index (χ2v) is 10.4. The molecule has 1 N–H and O–H groups in total. The average Bonchev–Trinajstić information content (AvgIpc) is 2.91. The third-order valence-corrected chi connectivity index (χ3v) is 7.29. The number of carbonyl (C=O) groups excluding carboxylic acids is 1. The number of guanidine groups is 1. The molecule has 2 aromatic rings. The lowest BCUT2D eigenvalue weighted by Gasteiger charge is -2.36. The molecule has 0 radical (unpaired) electrons. The van der Waals surface area contributed by atoms with E-state index in [-0.39, 0.29) is 35.4 Å². The minimum absolute atomic E-state index is 0.0543. The first kappa shape index (κ1) is 29.2. The van der Waals surface area contributed by atoms with Crippen LogP contribution in [-0.4, -0.2) is 68.9 Å². The van der Waals surface area contributed by atoms with Gasteiger partial charge in [-0.2, -0.15) is 0 Å². The Hall–Kier alpha value is -3.79. The van der Waals surface area contributed by atoms with Gasteiger partial charge in [0, 0.05) is 24.3 Å².